The van der Waals surface area contributed by atoms with Crippen molar-refractivity contribution in [3.8, 4) is 0 Å². The lowest BCUT2D eigenvalue weighted by atomic mass is 9.93. The third-order valence-corrected chi connectivity index (χ3v) is 5.07. The highest BCUT2D eigenvalue weighted by Crippen LogP contribution is 2.43. The van der Waals surface area contributed by atoms with Gasteiger partial charge in [0.25, 0.3) is 0 Å². The maximum absolute atomic E-state index is 2.74. The zero-order valence-electron chi connectivity index (χ0n) is 14.6. The van der Waals surface area contributed by atoms with Crippen LogP contribution in [0, 0.1) is 17.8 Å². The van der Waals surface area contributed by atoms with Crippen LogP contribution in [0.3, 0.4) is 0 Å². The SMILES string of the molecule is CN(C)CCCN(CCCN(C)C)C[C@@H]1C[C@H]2C=C[C@H]1C2. The Morgan fingerprint density at radius 3 is 1.86 bits per heavy atom. The van der Waals surface area contributed by atoms with E-state index in [1.54, 1.807) is 0 Å². The first kappa shape index (κ1) is 17.0. The van der Waals surface area contributed by atoms with Crippen LogP contribution >= 0.6 is 0 Å². The second-order valence-corrected chi connectivity index (χ2v) is 7.65. The van der Waals surface area contributed by atoms with Gasteiger partial charge in [-0.05, 0) is 97.8 Å². The molecule has 3 nitrogen and oxygen atoms in total. The maximum Gasteiger partial charge on any atom is 0.00155 e. The van der Waals surface area contributed by atoms with Crippen LogP contribution in [0.15, 0.2) is 12.2 Å². The van der Waals surface area contributed by atoms with Crippen LogP contribution in [0.5, 0.6) is 0 Å². The van der Waals surface area contributed by atoms with Crippen molar-refractivity contribution in [2.75, 3.05) is 60.9 Å². The summed E-state index contributed by atoms with van der Waals surface area (Å²) in [5.74, 6) is 2.73. The first-order chi connectivity index (χ1) is 10.0. The maximum atomic E-state index is 2.74. The highest BCUT2D eigenvalue weighted by molar-refractivity contribution is 5.10. The molecule has 0 aromatic heterocycles. The van der Waals surface area contributed by atoms with E-state index in [9.17, 15) is 0 Å². The van der Waals surface area contributed by atoms with E-state index >= 15 is 0 Å². The van der Waals surface area contributed by atoms with Crippen molar-refractivity contribution >= 4 is 0 Å². The Balaban J connectivity index is 1.75. The molecule has 0 heterocycles. The van der Waals surface area contributed by atoms with Crippen LogP contribution in [0.25, 0.3) is 0 Å². The Bertz CT molecular complexity index is 310. The van der Waals surface area contributed by atoms with Crippen molar-refractivity contribution in [2.45, 2.75) is 25.7 Å². The predicted molar refractivity (Wildman–Crippen MR) is 91.6 cm³/mol. The summed E-state index contributed by atoms with van der Waals surface area (Å²) in [6.45, 7) is 6.28. The predicted octanol–water partition coefficient (Wildman–Crippen LogP) is 2.40. The number of hydrogen-bond acceptors (Lipinski definition) is 3. The molecule has 3 atom stereocenters. The van der Waals surface area contributed by atoms with E-state index in [1.165, 1.54) is 58.4 Å². The molecule has 2 aliphatic carbocycles. The summed E-state index contributed by atoms with van der Waals surface area (Å²) in [6.07, 6.45) is 10.4. The average Bonchev–Trinajstić information content (AvgIpc) is 2.99. The van der Waals surface area contributed by atoms with Crippen LogP contribution in [-0.4, -0.2) is 75.6 Å². The van der Waals surface area contributed by atoms with Crippen LogP contribution in [0.2, 0.25) is 0 Å². The molecule has 21 heavy (non-hydrogen) atoms. The minimum absolute atomic E-state index is 0.889. The monoisotopic (exact) mass is 293 g/mol. The molecule has 2 bridgehead atoms. The fraction of sp³-hybridized carbons (Fsp3) is 0.889. The zero-order valence-corrected chi connectivity index (χ0v) is 14.6. The molecule has 0 aromatic rings. The topological polar surface area (TPSA) is 9.72 Å². The standard InChI is InChI=1S/C18H35N3/c1-19(2)9-5-11-21(12-6-10-20(3)4)15-18-14-16-7-8-17(18)13-16/h7-8,16-18H,5-6,9-15H2,1-4H3/t16-,17-,18-/m0/s1. The number of nitrogens with zero attached hydrogens (tertiary/aromatic N) is 3. The lowest BCUT2D eigenvalue weighted by Crippen LogP contribution is -2.35. The fourth-order valence-corrected chi connectivity index (χ4v) is 3.95. The van der Waals surface area contributed by atoms with E-state index < -0.39 is 0 Å². The number of rotatable bonds is 10. The minimum atomic E-state index is 0.889. The quantitative estimate of drug-likeness (QED) is 0.573. The van der Waals surface area contributed by atoms with Crippen LogP contribution in [-0.2, 0) is 0 Å². The van der Waals surface area contributed by atoms with Gasteiger partial charge in [-0.15, -0.1) is 0 Å². The van der Waals surface area contributed by atoms with E-state index in [-0.39, 0.29) is 0 Å². The molecule has 0 unspecified atom stereocenters. The van der Waals surface area contributed by atoms with Crippen molar-refractivity contribution < 1.29 is 0 Å². The molecule has 2 aliphatic rings. The summed E-state index contributed by atoms with van der Waals surface area (Å²) in [6, 6.07) is 0. The normalized spacial score (nSPS) is 27.7. The molecule has 122 valence electrons. The molecule has 0 amide bonds. The molecule has 0 spiro atoms. The van der Waals surface area contributed by atoms with Gasteiger partial charge >= 0.3 is 0 Å². The molecular weight excluding hydrogens is 258 g/mol. The van der Waals surface area contributed by atoms with Gasteiger partial charge in [0.2, 0.25) is 0 Å². The Morgan fingerprint density at radius 1 is 0.810 bits per heavy atom. The van der Waals surface area contributed by atoms with Gasteiger partial charge in [-0.25, -0.2) is 0 Å². The molecule has 0 N–H and O–H groups in total. The van der Waals surface area contributed by atoms with Crippen molar-refractivity contribution in [3.63, 3.8) is 0 Å². The fourth-order valence-electron chi connectivity index (χ4n) is 3.95. The smallest absolute Gasteiger partial charge is 0.00155 e. The van der Waals surface area contributed by atoms with E-state index in [0.29, 0.717) is 0 Å². The summed E-state index contributed by atoms with van der Waals surface area (Å²) in [4.78, 5) is 7.35. The molecule has 0 aromatic carbocycles. The van der Waals surface area contributed by atoms with Gasteiger partial charge in [0, 0.05) is 6.54 Å². The summed E-state index contributed by atoms with van der Waals surface area (Å²) in [5.41, 5.74) is 0. The first-order valence-electron chi connectivity index (χ1n) is 8.74. The summed E-state index contributed by atoms with van der Waals surface area (Å²) in [5, 5.41) is 0. The number of allylic oxidation sites excluding steroid dienone is 2. The van der Waals surface area contributed by atoms with Crippen molar-refractivity contribution in [1.29, 1.82) is 0 Å². The molecule has 0 aliphatic heterocycles. The molecule has 0 saturated heterocycles. The van der Waals surface area contributed by atoms with Crippen LogP contribution in [0.4, 0.5) is 0 Å². The third-order valence-electron chi connectivity index (χ3n) is 5.07. The van der Waals surface area contributed by atoms with Gasteiger partial charge < -0.3 is 14.7 Å². The third kappa shape index (κ3) is 5.72. The molecular formula is C18H35N3. The van der Waals surface area contributed by atoms with E-state index in [1.807, 2.05) is 0 Å². The zero-order chi connectivity index (χ0) is 15.2. The average molecular weight is 293 g/mol. The highest BCUT2D eigenvalue weighted by atomic mass is 15.1. The Labute approximate surface area is 132 Å². The largest absolute Gasteiger partial charge is 0.309 e. The minimum Gasteiger partial charge on any atom is -0.309 e. The van der Waals surface area contributed by atoms with E-state index in [0.717, 1.165) is 17.8 Å². The summed E-state index contributed by atoms with van der Waals surface area (Å²) >= 11 is 0. The van der Waals surface area contributed by atoms with Gasteiger partial charge in [0.15, 0.2) is 0 Å². The second kappa shape index (κ2) is 8.30. The highest BCUT2D eigenvalue weighted by Gasteiger charge is 2.36. The Morgan fingerprint density at radius 2 is 1.43 bits per heavy atom. The molecule has 3 heteroatoms. The number of hydrogen-bond donors (Lipinski definition) is 0. The second-order valence-electron chi connectivity index (χ2n) is 7.65. The molecule has 1 fully saturated rings. The molecule has 1 saturated carbocycles. The van der Waals surface area contributed by atoms with E-state index in [2.05, 4.69) is 55.0 Å². The van der Waals surface area contributed by atoms with Crippen LogP contribution < -0.4 is 0 Å². The first-order valence-corrected chi connectivity index (χ1v) is 8.74. The lowest BCUT2D eigenvalue weighted by Gasteiger charge is -2.29. The Kier molecular flexibility index (Phi) is 6.72. The van der Waals surface area contributed by atoms with Crippen LogP contribution in [0.1, 0.15) is 25.7 Å². The summed E-state index contributed by atoms with van der Waals surface area (Å²) < 4.78 is 0. The molecule has 2 rings (SSSR count). The van der Waals surface area contributed by atoms with Crippen molar-refractivity contribution in [1.82, 2.24) is 14.7 Å². The van der Waals surface area contributed by atoms with Gasteiger partial charge in [0.05, 0.1) is 0 Å². The number of fused-ring (bicyclic) bond motifs is 2. The summed E-state index contributed by atoms with van der Waals surface area (Å²) in [7, 11) is 8.71. The van der Waals surface area contributed by atoms with Gasteiger partial charge in [-0.1, -0.05) is 12.2 Å². The van der Waals surface area contributed by atoms with Gasteiger partial charge in [-0.2, -0.15) is 0 Å². The van der Waals surface area contributed by atoms with E-state index in [4.69, 9.17) is 0 Å². The van der Waals surface area contributed by atoms with Gasteiger partial charge in [-0.3, -0.25) is 0 Å². The van der Waals surface area contributed by atoms with Crippen molar-refractivity contribution in [2.24, 2.45) is 17.8 Å². The molecule has 0 radical (unpaired) electrons. The lowest BCUT2D eigenvalue weighted by molar-refractivity contribution is 0.196. The van der Waals surface area contributed by atoms with Gasteiger partial charge in [0.1, 0.15) is 0 Å². The van der Waals surface area contributed by atoms with Crippen molar-refractivity contribution in [3.05, 3.63) is 12.2 Å². The Hall–Kier alpha value is -0.380.